The number of carbonyl (C=O) groups is 2. The molecular weight excluding hydrogens is 518 g/mol. The molecule has 0 unspecified atom stereocenters. The number of fused-ring (bicyclic) bond motifs is 2. The molecule has 5 rings (SSSR count). The van der Waals surface area contributed by atoms with E-state index in [1.165, 1.54) is 22.8 Å². The number of rotatable bonds is 4. The zero-order valence-corrected chi connectivity index (χ0v) is 22.0. The summed E-state index contributed by atoms with van der Waals surface area (Å²) in [6, 6.07) is 6.43. The van der Waals surface area contributed by atoms with Gasteiger partial charge < -0.3 is 19.5 Å². The molecule has 1 aromatic carbocycles. The molecule has 2 aliphatic heterocycles. The number of likely N-dealkylation sites (N-methyl/N-ethyl adjacent to an activating group) is 1. The molecule has 37 heavy (non-hydrogen) atoms. The van der Waals surface area contributed by atoms with Crippen molar-refractivity contribution >= 4 is 50.1 Å². The van der Waals surface area contributed by atoms with E-state index in [0.29, 0.717) is 21.5 Å². The van der Waals surface area contributed by atoms with Gasteiger partial charge in [0.05, 0.1) is 12.8 Å². The molecule has 2 aliphatic rings. The Hall–Kier alpha value is -3.33. The molecule has 3 aromatic rings. The summed E-state index contributed by atoms with van der Waals surface area (Å²) in [4.78, 5) is 36.9. The highest BCUT2D eigenvalue weighted by molar-refractivity contribution is 7.89. The second kappa shape index (κ2) is 9.85. The number of nitrogens with one attached hydrogen (secondary N) is 3. The van der Waals surface area contributed by atoms with Gasteiger partial charge in [-0.2, -0.15) is 4.31 Å². The number of hydrogen-bond donors (Lipinski definition) is 3. The highest BCUT2D eigenvalue weighted by Gasteiger charge is 2.33. The van der Waals surface area contributed by atoms with Gasteiger partial charge in [-0.25, -0.2) is 18.2 Å². The standard InChI is InChI=1S/C23H27N7O5S2/c1-28-6-5-16-18(13-28)36-21(26-16)22(31)29-7-9-30(10-8-29)37(33,34)19-12-14-3-4-15(11-17(14)25-19)20(24)27-23(32)35-2/h3-4,11-12,25H,5-10,13H2,1-2H3,(H2,24,27,32). The van der Waals surface area contributed by atoms with E-state index in [0.717, 1.165) is 30.1 Å². The Balaban J connectivity index is 1.26. The van der Waals surface area contributed by atoms with Crippen LogP contribution in [0.15, 0.2) is 29.3 Å². The number of amidine groups is 1. The fourth-order valence-electron chi connectivity index (χ4n) is 4.44. The summed E-state index contributed by atoms with van der Waals surface area (Å²) in [5, 5.41) is 11.4. The Morgan fingerprint density at radius 2 is 1.92 bits per heavy atom. The van der Waals surface area contributed by atoms with Gasteiger partial charge in [0.2, 0.25) is 0 Å². The van der Waals surface area contributed by atoms with E-state index < -0.39 is 16.1 Å². The van der Waals surface area contributed by atoms with Gasteiger partial charge in [0, 0.05) is 67.0 Å². The van der Waals surface area contributed by atoms with E-state index in [-0.39, 0.29) is 42.9 Å². The second-order valence-electron chi connectivity index (χ2n) is 9.00. The van der Waals surface area contributed by atoms with Crippen LogP contribution in [0.2, 0.25) is 0 Å². The third kappa shape index (κ3) is 4.97. The summed E-state index contributed by atoms with van der Waals surface area (Å²) in [6.45, 7) is 2.63. The second-order valence-corrected chi connectivity index (χ2v) is 12.0. The number of aromatic nitrogens is 2. The highest BCUT2D eigenvalue weighted by Crippen LogP contribution is 2.27. The minimum atomic E-state index is -3.82. The highest BCUT2D eigenvalue weighted by atomic mass is 32.2. The first kappa shape index (κ1) is 25.3. The average molecular weight is 546 g/mol. The summed E-state index contributed by atoms with van der Waals surface area (Å²) in [5.41, 5.74) is 1.90. The summed E-state index contributed by atoms with van der Waals surface area (Å²) < 4.78 is 32.5. The fraction of sp³-hybridized carbons (Fsp3) is 0.391. The maximum Gasteiger partial charge on any atom is 0.412 e. The van der Waals surface area contributed by atoms with Crippen molar-refractivity contribution in [3.05, 3.63) is 45.4 Å². The Labute approximate surface area is 217 Å². The Morgan fingerprint density at radius 1 is 1.16 bits per heavy atom. The van der Waals surface area contributed by atoms with Gasteiger partial charge >= 0.3 is 6.09 Å². The molecule has 1 fully saturated rings. The van der Waals surface area contributed by atoms with Crippen LogP contribution >= 0.6 is 11.3 Å². The van der Waals surface area contributed by atoms with Crippen LogP contribution in [0.3, 0.4) is 0 Å². The van der Waals surface area contributed by atoms with Crippen LogP contribution in [0.1, 0.15) is 25.9 Å². The lowest BCUT2D eigenvalue weighted by Crippen LogP contribution is -2.50. The summed E-state index contributed by atoms with van der Waals surface area (Å²) in [6.07, 6.45) is 0.0656. The smallest absolute Gasteiger partial charge is 0.412 e. The summed E-state index contributed by atoms with van der Waals surface area (Å²) >= 11 is 1.43. The SMILES string of the molecule is COC(=O)NC(=N)c1ccc2cc(S(=O)(=O)N3CCN(C(=O)c4nc5c(s4)CN(C)CC5)CC3)[nH]c2c1. The van der Waals surface area contributed by atoms with Gasteiger partial charge in [-0.1, -0.05) is 12.1 Å². The molecule has 12 nitrogen and oxygen atoms in total. The number of benzene rings is 1. The molecule has 196 valence electrons. The van der Waals surface area contributed by atoms with Crippen molar-refractivity contribution in [1.82, 2.24) is 29.4 Å². The van der Waals surface area contributed by atoms with Crippen LogP contribution in [0.25, 0.3) is 10.9 Å². The Bertz CT molecular complexity index is 1490. The number of H-pyrrole nitrogens is 1. The summed E-state index contributed by atoms with van der Waals surface area (Å²) in [7, 11) is -0.577. The van der Waals surface area contributed by atoms with Gasteiger partial charge in [0.1, 0.15) is 10.9 Å². The molecule has 4 heterocycles. The van der Waals surface area contributed by atoms with E-state index >= 15 is 0 Å². The Kier molecular flexibility index (Phi) is 6.74. The van der Waals surface area contributed by atoms with Crippen molar-refractivity contribution in [3.8, 4) is 0 Å². The van der Waals surface area contributed by atoms with E-state index in [4.69, 9.17) is 5.41 Å². The van der Waals surface area contributed by atoms with Crippen molar-refractivity contribution in [3.63, 3.8) is 0 Å². The van der Waals surface area contributed by atoms with Crippen LogP contribution in [-0.4, -0.2) is 97.2 Å². The number of amides is 2. The molecule has 2 aromatic heterocycles. The van der Waals surface area contributed by atoms with Crippen LogP contribution in [0.4, 0.5) is 4.79 Å². The maximum absolute atomic E-state index is 13.3. The van der Waals surface area contributed by atoms with Crippen LogP contribution in [0.5, 0.6) is 0 Å². The maximum atomic E-state index is 13.3. The number of hydrogen-bond acceptors (Lipinski definition) is 9. The van der Waals surface area contributed by atoms with Crippen molar-refractivity contribution in [2.75, 3.05) is 46.9 Å². The van der Waals surface area contributed by atoms with Crippen molar-refractivity contribution < 1.29 is 22.7 Å². The molecule has 0 bridgehead atoms. The lowest BCUT2D eigenvalue weighted by Gasteiger charge is -2.33. The monoisotopic (exact) mass is 545 g/mol. The molecule has 0 spiro atoms. The number of piperazine rings is 1. The first-order valence-electron chi connectivity index (χ1n) is 11.7. The predicted octanol–water partition coefficient (Wildman–Crippen LogP) is 1.44. The number of methoxy groups -OCH3 is 1. The van der Waals surface area contributed by atoms with E-state index in [2.05, 4.69) is 24.9 Å². The molecule has 0 aliphatic carbocycles. The van der Waals surface area contributed by atoms with E-state index in [9.17, 15) is 18.0 Å². The molecule has 3 N–H and O–H groups in total. The lowest BCUT2D eigenvalue weighted by atomic mass is 10.1. The predicted molar refractivity (Wildman–Crippen MR) is 137 cm³/mol. The minimum absolute atomic E-state index is 0.0311. The molecular formula is C23H27N7O5S2. The number of ether oxygens (including phenoxy) is 1. The summed E-state index contributed by atoms with van der Waals surface area (Å²) in [5.74, 6) is -0.318. The average Bonchev–Trinajstić information content (AvgIpc) is 3.52. The lowest BCUT2D eigenvalue weighted by molar-refractivity contribution is 0.0697. The third-order valence-corrected chi connectivity index (χ3v) is 9.44. The van der Waals surface area contributed by atoms with Crippen molar-refractivity contribution in [1.29, 1.82) is 5.41 Å². The fourth-order valence-corrected chi connectivity index (χ4v) is 7.03. The first-order valence-corrected chi connectivity index (χ1v) is 13.9. The van der Waals surface area contributed by atoms with Crippen LogP contribution in [0, 0.1) is 5.41 Å². The number of alkyl carbamates (subject to hydrolysis) is 1. The molecule has 0 atom stereocenters. The van der Waals surface area contributed by atoms with Gasteiger partial charge in [-0.05, 0) is 19.2 Å². The topological polar surface area (TPSA) is 152 Å². The quantitative estimate of drug-likeness (QED) is 0.331. The molecule has 0 saturated carbocycles. The number of aromatic amines is 1. The van der Waals surface area contributed by atoms with Crippen molar-refractivity contribution in [2.45, 2.75) is 18.0 Å². The normalized spacial score (nSPS) is 17.0. The first-order chi connectivity index (χ1) is 17.7. The van der Waals surface area contributed by atoms with Gasteiger partial charge in [0.15, 0.2) is 5.01 Å². The van der Waals surface area contributed by atoms with Gasteiger partial charge in [0.25, 0.3) is 15.9 Å². The van der Waals surface area contributed by atoms with Crippen molar-refractivity contribution in [2.24, 2.45) is 0 Å². The molecule has 2 amide bonds. The molecule has 0 radical (unpaired) electrons. The number of thiazole rings is 1. The minimum Gasteiger partial charge on any atom is -0.453 e. The van der Waals surface area contributed by atoms with E-state index in [1.807, 2.05) is 7.05 Å². The number of nitrogens with zero attached hydrogens (tertiary/aromatic N) is 4. The zero-order valence-electron chi connectivity index (χ0n) is 20.4. The Morgan fingerprint density at radius 3 is 2.65 bits per heavy atom. The largest absolute Gasteiger partial charge is 0.453 e. The van der Waals surface area contributed by atoms with Crippen LogP contribution < -0.4 is 5.32 Å². The van der Waals surface area contributed by atoms with Gasteiger partial charge in [-0.15, -0.1) is 11.3 Å². The number of sulfonamides is 1. The molecule has 1 saturated heterocycles. The van der Waals surface area contributed by atoms with Gasteiger partial charge in [-0.3, -0.25) is 15.5 Å². The zero-order chi connectivity index (χ0) is 26.3. The molecule has 14 heteroatoms. The van der Waals surface area contributed by atoms with Crippen LogP contribution in [-0.2, 0) is 27.7 Å². The third-order valence-electron chi connectivity index (χ3n) is 6.55. The van der Waals surface area contributed by atoms with E-state index in [1.54, 1.807) is 29.2 Å². The number of carbonyl (C=O) groups excluding carboxylic acids is 2.